The summed E-state index contributed by atoms with van der Waals surface area (Å²) >= 11 is 3.19. The van der Waals surface area contributed by atoms with Crippen LogP contribution in [0.15, 0.2) is 21.2 Å². The maximum Gasteiger partial charge on any atom is 0.289 e. The molecule has 96 valence electrons. The number of rotatable bonds is 2. The minimum absolute atomic E-state index is 0. The van der Waals surface area contributed by atoms with Gasteiger partial charge < -0.3 is 15.1 Å². The minimum atomic E-state index is -0.0529. The number of furan rings is 1. The number of nitrogens with two attached hydrogens (primary N) is 1. The SMILES string of the molecule is CC1(CN)CCN(C(=O)c2ccc(Br)o2)C1.Cl. The van der Waals surface area contributed by atoms with Crippen LogP contribution in [0.3, 0.4) is 0 Å². The number of likely N-dealkylation sites (tertiary alicyclic amines) is 1. The van der Waals surface area contributed by atoms with Crippen molar-refractivity contribution >= 4 is 34.2 Å². The fourth-order valence-corrected chi connectivity index (χ4v) is 2.26. The van der Waals surface area contributed by atoms with E-state index in [1.807, 2.05) is 0 Å². The number of amides is 1. The summed E-state index contributed by atoms with van der Waals surface area (Å²) in [6.45, 7) is 4.18. The van der Waals surface area contributed by atoms with Crippen LogP contribution in [0.4, 0.5) is 0 Å². The van der Waals surface area contributed by atoms with Gasteiger partial charge in [0.1, 0.15) is 0 Å². The molecule has 1 aromatic rings. The molecule has 2 rings (SSSR count). The van der Waals surface area contributed by atoms with Crippen molar-refractivity contribution in [2.75, 3.05) is 19.6 Å². The lowest BCUT2D eigenvalue weighted by Crippen LogP contribution is -2.34. The monoisotopic (exact) mass is 322 g/mol. The van der Waals surface area contributed by atoms with Crippen molar-refractivity contribution in [2.45, 2.75) is 13.3 Å². The van der Waals surface area contributed by atoms with Gasteiger partial charge in [0.2, 0.25) is 0 Å². The Hall–Kier alpha value is -0.520. The quantitative estimate of drug-likeness (QED) is 0.908. The lowest BCUT2D eigenvalue weighted by Gasteiger charge is -2.21. The first kappa shape index (κ1) is 14.5. The first-order valence-corrected chi connectivity index (χ1v) is 6.08. The first-order valence-electron chi connectivity index (χ1n) is 5.29. The van der Waals surface area contributed by atoms with Gasteiger partial charge >= 0.3 is 0 Å². The molecule has 1 fully saturated rings. The summed E-state index contributed by atoms with van der Waals surface area (Å²) in [5.74, 6) is 0.330. The molecule has 1 aliphatic rings. The summed E-state index contributed by atoms with van der Waals surface area (Å²) < 4.78 is 5.83. The Kier molecular flexibility index (Phi) is 4.63. The molecular weight excluding hydrogens is 307 g/mol. The third-order valence-corrected chi connectivity index (χ3v) is 3.55. The average molecular weight is 324 g/mol. The normalized spacial score (nSPS) is 23.6. The van der Waals surface area contributed by atoms with Gasteiger partial charge in [-0.1, -0.05) is 6.92 Å². The highest BCUT2D eigenvalue weighted by atomic mass is 79.9. The number of hydrogen-bond donors (Lipinski definition) is 1. The van der Waals surface area contributed by atoms with E-state index < -0.39 is 0 Å². The molecule has 1 amide bonds. The maximum atomic E-state index is 12.0. The Bertz CT molecular complexity index is 410. The fourth-order valence-electron chi connectivity index (χ4n) is 1.95. The van der Waals surface area contributed by atoms with E-state index in [2.05, 4.69) is 22.9 Å². The highest BCUT2D eigenvalue weighted by Gasteiger charge is 2.35. The minimum Gasteiger partial charge on any atom is -0.444 e. The molecule has 1 atom stereocenters. The van der Waals surface area contributed by atoms with E-state index in [1.54, 1.807) is 17.0 Å². The van der Waals surface area contributed by atoms with Gasteiger partial charge in [0.25, 0.3) is 5.91 Å². The van der Waals surface area contributed by atoms with E-state index in [-0.39, 0.29) is 23.7 Å². The molecule has 4 nitrogen and oxygen atoms in total. The summed E-state index contributed by atoms with van der Waals surface area (Å²) in [5.41, 5.74) is 5.76. The van der Waals surface area contributed by atoms with Gasteiger partial charge in [-0.15, -0.1) is 12.4 Å². The predicted molar refractivity (Wildman–Crippen MR) is 71.3 cm³/mol. The van der Waals surface area contributed by atoms with Crippen LogP contribution >= 0.6 is 28.3 Å². The molecule has 17 heavy (non-hydrogen) atoms. The van der Waals surface area contributed by atoms with Crippen molar-refractivity contribution in [3.05, 3.63) is 22.6 Å². The summed E-state index contributed by atoms with van der Waals surface area (Å²) in [6.07, 6.45) is 0.955. The lowest BCUT2D eigenvalue weighted by atomic mass is 9.90. The third-order valence-electron chi connectivity index (χ3n) is 3.12. The number of nitrogens with zero attached hydrogens (tertiary/aromatic N) is 1. The second-order valence-corrected chi connectivity index (χ2v) is 5.38. The van der Waals surface area contributed by atoms with E-state index in [1.165, 1.54) is 0 Å². The highest BCUT2D eigenvalue weighted by Crippen LogP contribution is 2.29. The summed E-state index contributed by atoms with van der Waals surface area (Å²) in [7, 11) is 0. The van der Waals surface area contributed by atoms with Crippen molar-refractivity contribution in [2.24, 2.45) is 11.1 Å². The Morgan fingerprint density at radius 2 is 2.35 bits per heavy atom. The molecule has 0 aliphatic carbocycles. The fraction of sp³-hybridized carbons (Fsp3) is 0.545. The Labute approximate surface area is 115 Å². The van der Waals surface area contributed by atoms with E-state index >= 15 is 0 Å². The van der Waals surface area contributed by atoms with Gasteiger partial charge in [0.05, 0.1) is 0 Å². The zero-order valence-corrected chi connectivity index (χ0v) is 12.0. The van der Waals surface area contributed by atoms with Gasteiger partial charge in [-0.3, -0.25) is 4.79 Å². The molecule has 1 saturated heterocycles. The van der Waals surface area contributed by atoms with Crippen LogP contribution in [-0.4, -0.2) is 30.4 Å². The molecule has 2 N–H and O–H groups in total. The van der Waals surface area contributed by atoms with Crippen molar-refractivity contribution in [1.82, 2.24) is 4.90 Å². The summed E-state index contributed by atoms with van der Waals surface area (Å²) in [5, 5.41) is 0. The van der Waals surface area contributed by atoms with Crippen LogP contribution in [0.1, 0.15) is 23.9 Å². The van der Waals surface area contributed by atoms with E-state index in [4.69, 9.17) is 10.2 Å². The van der Waals surface area contributed by atoms with E-state index in [0.717, 1.165) is 13.0 Å². The summed E-state index contributed by atoms with van der Waals surface area (Å²) in [4.78, 5) is 13.8. The highest BCUT2D eigenvalue weighted by molar-refractivity contribution is 9.10. The van der Waals surface area contributed by atoms with Crippen molar-refractivity contribution in [1.29, 1.82) is 0 Å². The molecular formula is C11H16BrClN2O2. The van der Waals surface area contributed by atoms with Crippen molar-refractivity contribution in [3.8, 4) is 0 Å². The number of carbonyl (C=O) groups excluding carboxylic acids is 1. The molecule has 0 aromatic carbocycles. The van der Waals surface area contributed by atoms with Crippen molar-refractivity contribution < 1.29 is 9.21 Å². The topological polar surface area (TPSA) is 59.5 Å². The standard InChI is InChI=1S/C11H15BrN2O2.ClH/c1-11(6-13)4-5-14(7-11)10(15)8-2-3-9(12)16-8;/h2-3H,4-7,13H2,1H3;1H. The number of hydrogen-bond acceptors (Lipinski definition) is 3. The zero-order valence-electron chi connectivity index (χ0n) is 9.61. The zero-order chi connectivity index (χ0) is 11.8. The maximum absolute atomic E-state index is 12.0. The molecule has 0 spiro atoms. The smallest absolute Gasteiger partial charge is 0.289 e. The Morgan fingerprint density at radius 1 is 1.65 bits per heavy atom. The van der Waals surface area contributed by atoms with Gasteiger partial charge in [-0.05, 0) is 46.4 Å². The molecule has 1 unspecified atom stereocenters. The van der Waals surface area contributed by atoms with Crippen LogP contribution in [0.25, 0.3) is 0 Å². The number of carbonyl (C=O) groups is 1. The molecule has 2 heterocycles. The Morgan fingerprint density at radius 3 is 2.82 bits per heavy atom. The van der Waals surface area contributed by atoms with Gasteiger partial charge in [0, 0.05) is 13.1 Å². The molecule has 0 radical (unpaired) electrons. The van der Waals surface area contributed by atoms with Gasteiger partial charge in [0.15, 0.2) is 10.4 Å². The van der Waals surface area contributed by atoms with Crippen LogP contribution < -0.4 is 5.73 Å². The van der Waals surface area contributed by atoms with E-state index in [9.17, 15) is 4.79 Å². The molecule has 1 aromatic heterocycles. The van der Waals surface area contributed by atoms with Crippen molar-refractivity contribution in [3.63, 3.8) is 0 Å². The molecule has 1 aliphatic heterocycles. The number of halogens is 2. The van der Waals surface area contributed by atoms with Crippen LogP contribution in [0.2, 0.25) is 0 Å². The summed E-state index contributed by atoms with van der Waals surface area (Å²) in [6, 6.07) is 3.41. The largest absolute Gasteiger partial charge is 0.444 e. The average Bonchev–Trinajstić information content (AvgIpc) is 2.85. The predicted octanol–water partition coefficient (Wildman–Crippen LogP) is 2.27. The van der Waals surface area contributed by atoms with E-state index in [0.29, 0.717) is 23.5 Å². The second-order valence-electron chi connectivity index (χ2n) is 4.60. The van der Waals surface area contributed by atoms with Crippen LogP contribution in [-0.2, 0) is 0 Å². The van der Waals surface area contributed by atoms with Crippen LogP contribution in [0.5, 0.6) is 0 Å². The first-order chi connectivity index (χ1) is 7.54. The molecule has 0 bridgehead atoms. The third kappa shape index (κ3) is 3.03. The van der Waals surface area contributed by atoms with Gasteiger partial charge in [-0.2, -0.15) is 0 Å². The molecule has 0 saturated carbocycles. The van der Waals surface area contributed by atoms with Crippen LogP contribution in [0, 0.1) is 5.41 Å². The van der Waals surface area contributed by atoms with Gasteiger partial charge in [-0.25, -0.2) is 0 Å². The Balaban J connectivity index is 0.00000144. The second kappa shape index (κ2) is 5.42. The molecule has 6 heteroatoms. The lowest BCUT2D eigenvalue weighted by molar-refractivity contribution is 0.0744.